The maximum atomic E-state index is 11.7. The van der Waals surface area contributed by atoms with Gasteiger partial charge in [-0.15, -0.1) is 0 Å². The number of hydrogen-bond acceptors (Lipinski definition) is 4. The maximum absolute atomic E-state index is 11.7. The molecule has 2 heterocycles. The minimum Gasteiger partial charge on any atom is -0.474 e. The number of ether oxygens (including phenoxy) is 1. The predicted molar refractivity (Wildman–Crippen MR) is 67.2 cm³/mol. The van der Waals surface area contributed by atoms with Gasteiger partial charge in [0.2, 0.25) is 11.8 Å². The van der Waals surface area contributed by atoms with E-state index >= 15 is 0 Å². The first-order chi connectivity index (χ1) is 8.79. The molecule has 0 spiro atoms. The van der Waals surface area contributed by atoms with Crippen molar-refractivity contribution in [2.75, 3.05) is 13.1 Å². The molecule has 0 atom stereocenters. The standard InChI is InChI=1S/C13H19N3O2/c1-2-3-13(17)16-8-5-11(6-9-16)18-12-4-7-14-10-15-12/h4,7,10-11H,2-3,5-6,8-9H2,1H3. The molecule has 1 saturated heterocycles. The Hall–Kier alpha value is -1.65. The minimum absolute atomic E-state index is 0.158. The zero-order chi connectivity index (χ0) is 12.8. The molecule has 2 rings (SSSR count). The van der Waals surface area contributed by atoms with Gasteiger partial charge in [-0.2, -0.15) is 0 Å². The second kappa shape index (κ2) is 6.33. The summed E-state index contributed by atoms with van der Waals surface area (Å²) in [7, 11) is 0. The Morgan fingerprint density at radius 2 is 2.28 bits per heavy atom. The van der Waals surface area contributed by atoms with E-state index in [1.807, 2.05) is 11.8 Å². The zero-order valence-corrected chi connectivity index (χ0v) is 10.7. The van der Waals surface area contributed by atoms with Crippen LogP contribution in [0.3, 0.4) is 0 Å². The molecule has 0 aromatic carbocycles. The molecule has 98 valence electrons. The van der Waals surface area contributed by atoms with Gasteiger partial charge in [0, 0.05) is 44.6 Å². The fourth-order valence-corrected chi connectivity index (χ4v) is 2.11. The molecular formula is C13H19N3O2. The SMILES string of the molecule is CCCC(=O)N1CCC(Oc2ccncn2)CC1. The molecule has 0 bridgehead atoms. The first-order valence-corrected chi connectivity index (χ1v) is 6.50. The number of nitrogens with zero attached hydrogens (tertiary/aromatic N) is 3. The van der Waals surface area contributed by atoms with Crippen LogP contribution in [0.1, 0.15) is 32.6 Å². The Balaban J connectivity index is 1.78. The number of aromatic nitrogens is 2. The molecule has 1 aliphatic rings. The second-order valence-electron chi connectivity index (χ2n) is 4.50. The average molecular weight is 249 g/mol. The van der Waals surface area contributed by atoms with Crippen molar-refractivity contribution in [1.29, 1.82) is 0 Å². The molecule has 1 aromatic rings. The second-order valence-corrected chi connectivity index (χ2v) is 4.50. The summed E-state index contributed by atoms with van der Waals surface area (Å²) in [5.74, 6) is 0.876. The third-order valence-corrected chi connectivity index (χ3v) is 3.10. The number of carbonyl (C=O) groups is 1. The molecule has 1 amide bonds. The molecule has 0 aliphatic carbocycles. The van der Waals surface area contributed by atoms with Crippen LogP contribution in [0.25, 0.3) is 0 Å². The molecule has 0 N–H and O–H groups in total. The molecule has 18 heavy (non-hydrogen) atoms. The van der Waals surface area contributed by atoms with Crippen LogP contribution in [0, 0.1) is 0 Å². The predicted octanol–water partition coefficient (Wildman–Crippen LogP) is 1.65. The van der Waals surface area contributed by atoms with E-state index < -0.39 is 0 Å². The normalized spacial score (nSPS) is 16.6. The van der Waals surface area contributed by atoms with Crippen LogP contribution in [-0.4, -0.2) is 40.0 Å². The zero-order valence-electron chi connectivity index (χ0n) is 10.7. The minimum atomic E-state index is 0.158. The average Bonchev–Trinajstić information content (AvgIpc) is 2.41. The highest BCUT2D eigenvalue weighted by atomic mass is 16.5. The third kappa shape index (κ3) is 3.42. The number of hydrogen-bond donors (Lipinski definition) is 0. The van der Waals surface area contributed by atoms with Gasteiger partial charge in [-0.1, -0.05) is 6.92 Å². The van der Waals surface area contributed by atoms with Gasteiger partial charge in [-0.05, 0) is 6.42 Å². The molecule has 1 fully saturated rings. The lowest BCUT2D eigenvalue weighted by Crippen LogP contribution is -2.41. The third-order valence-electron chi connectivity index (χ3n) is 3.10. The lowest BCUT2D eigenvalue weighted by molar-refractivity contribution is -0.133. The van der Waals surface area contributed by atoms with Crippen molar-refractivity contribution in [3.8, 4) is 5.88 Å². The van der Waals surface area contributed by atoms with Crippen molar-refractivity contribution in [1.82, 2.24) is 14.9 Å². The van der Waals surface area contributed by atoms with Gasteiger partial charge in [0.25, 0.3) is 0 Å². The van der Waals surface area contributed by atoms with Crippen LogP contribution < -0.4 is 4.74 Å². The molecule has 0 unspecified atom stereocenters. The Morgan fingerprint density at radius 1 is 1.50 bits per heavy atom. The molecule has 1 aliphatic heterocycles. The van der Waals surface area contributed by atoms with Gasteiger partial charge in [0.1, 0.15) is 12.4 Å². The highest BCUT2D eigenvalue weighted by Gasteiger charge is 2.23. The van der Waals surface area contributed by atoms with Crippen LogP contribution in [0.5, 0.6) is 5.88 Å². The Labute approximate surface area is 107 Å². The summed E-state index contributed by atoms with van der Waals surface area (Å²) in [6.45, 7) is 3.60. The number of amides is 1. The van der Waals surface area contributed by atoms with Crippen molar-refractivity contribution < 1.29 is 9.53 Å². The summed E-state index contributed by atoms with van der Waals surface area (Å²) in [4.78, 5) is 21.6. The van der Waals surface area contributed by atoms with Crippen molar-refractivity contribution in [2.24, 2.45) is 0 Å². The van der Waals surface area contributed by atoms with Gasteiger partial charge in [-0.25, -0.2) is 9.97 Å². The number of carbonyl (C=O) groups excluding carboxylic acids is 1. The van der Waals surface area contributed by atoms with Crippen LogP contribution in [0.2, 0.25) is 0 Å². The quantitative estimate of drug-likeness (QED) is 0.814. The van der Waals surface area contributed by atoms with Crippen LogP contribution in [0.4, 0.5) is 0 Å². The van der Waals surface area contributed by atoms with Crippen molar-refractivity contribution in [2.45, 2.75) is 38.7 Å². The first-order valence-electron chi connectivity index (χ1n) is 6.50. The summed E-state index contributed by atoms with van der Waals surface area (Å²) in [5, 5.41) is 0. The number of likely N-dealkylation sites (tertiary alicyclic amines) is 1. The Bertz CT molecular complexity index is 375. The van der Waals surface area contributed by atoms with E-state index in [2.05, 4.69) is 9.97 Å². The fraction of sp³-hybridized carbons (Fsp3) is 0.615. The van der Waals surface area contributed by atoms with Gasteiger partial charge < -0.3 is 9.64 Å². The highest BCUT2D eigenvalue weighted by Crippen LogP contribution is 2.17. The first kappa shape index (κ1) is 12.8. The molecule has 5 nitrogen and oxygen atoms in total. The van der Waals surface area contributed by atoms with E-state index in [0.717, 1.165) is 32.4 Å². The lowest BCUT2D eigenvalue weighted by atomic mass is 10.1. The topological polar surface area (TPSA) is 55.3 Å². The maximum Gasteiger partial charge on any atom is 0.222 e. The van der Waals surface area contributed by atoms with Crippen molar-refractivity contribution in [3.63, 3.8) is 0 Å². The molecular weight excluding hydrogens is 230 g/mol. The Morgan fingerprint density at radius 3 is 2.89 bits per heavy atom. The lowest BCUT2D eigenvalue weighted by Gasteiger charge is -2.31. The van der Waals surface area contributed by atoms with E-state index in [9.17, 15) is 4.79 Å². The van der Waals surface area contributed by atoms with Gasteiger partial charge in [0.15, 0.2) is 0 Å². The summed E-state index contributed by atoms with van der Waals surface area (Å²) in [6, 6.07) is 1.76. The fourth-order valence-electron chi connectivity index (χ4n) is 2.11. The van der Waals surface area contributed by atoms with E-state index in [4.69, 9.17) is 4.74 Å². The summed E-state index contributed by atoms with van der Waals surface area (Å²) < 4.78 is 5.75. The highest BCUT2D eigenvalue weighted by molar-refractivity contribution is 5.76. The largest absolute Gasteiger partial charge is 0.474 e. The van der Waals surface area contributed by atoms with Crippen molar-refractivity contribution in [3.05, 3.63) is 18.6 Å². The summed E-state index contributed by atoms with van der Waals surface area (Å²) in [5.41, 5.74) is 0. The van der Waals surface area contributed by atoms with E-state index in [0.29, 0.717) is 12.3 Å². The molecule has 0 radical (unpaired) electrons. The molecule has 0 saturated carbocycles. The van der Waals surface area contributed by atoms with Gasteiger partial charge >= 0.3 is 0 Å². The number of rotatable bonds is 4. The van der Waals surface area contributed by atoms with Crippen LogP contribution >= 0.6 is 0 Å². The summed E-state index contributed by atoms with van der Waals surface area (Å²) in [6.07, 6.45) is 6.62. The Kier molecular flexibility index (Phi) is 4.50. The molecule has 1 aromatic heterocycles. The van der Waals surface area contributed by atoms with E-state index in [-0.39, 0.29) is 12.0 Å². The van der Waals surface area contributed by atoms with Crippen LogP contribution in [0.15, 0.2) is 18.6 Å². The van der Waals surface area contributed by atoms with Gasteiger partial charge in [0.05, 0.1) is 0 Å². The molecule has 5 heteroatoms. The summed E-state index contributed by atoms with van der Waals surface area (Å²) >= 11 is 0. The monoisotopic (exact) mass is 249 g/mol. The smallest absolute Gasteiger partial charge is 0.222 e. The van der Waals surface area contributed by atoms with Gasteiger partial charge in [-0.3, -0.25) is 4.79 Å². The van der Waals surface area contributed by atoms with E-state index in [1.54, 1.807) is 12.3 Å². The van der Waals surface area contributed by atoms with E-state index in [1.165, 1.54) is 6.33 Å². The van der Waals surface area contributed by atoms with Crippen molar-refractivity contribution >= 4 is 5.91 Å². The van der Waals surface area contributed by atoms with Crippen LogP contribution in [-0.2, 0) is 4.79 Å². The number of piperidine rings is 1.